The lowest BCUT2D eigenvalue weighted by molar-refractivity contribution is -0.127. The largest absolute Gasteiger partial charge is 0.332 e. The molecule has 0 saturated carbocycles. The fourth-order valence-electron chi connectivity index (χ4n) is 2.75. The third kappa shape index (κ3) is 3.45. The van der Waals surface area contributed by atoms with Crippen molar-refractivity contribution in [2.24, 2.45) is 5.92 Å². The van der Waals surface area contributed by atoms with Crippen molar-refractivity contribution < 1.29 is 4.79 Å². The molecule has 2 fully saturated rings. The highest BCUT2D eigenvalue weighted by molar-refractivity contribution is 5.92. The van der Waals surface area contributed by atoms with E-state index in [2.05, 4.69) is 16.1 Å². The number of nitrogens with one attached hydrogen (secondary N) is 1. The third-order valence-electron chi connectivity index (χ3n) is 3.66. The number of rotatable bonds is 2. The lowest BCUT2D eigenvalue weighted by Gasteiger charge is -2.36. The molecule has 0 radical (unpaired) electrons. The summed E-state index contributed by atoms with van der Waals surface area (Å²) in [5.74, 6) is 2.68. The van der Waals surface area contributed by atoms with Crippen LogP contribution in [0.5, 0.6) is 0 Å². The number of piperazine rings is 1. The van der Waals surface area contributed by atoms with Crippen LogP contribution in [0.25, 0.3) is 0 Å². The normalized spacial score (nSPS) is 26.5. The minimum Gasteiger partial charge on any atom is -0.332 e. The molecule has 0 aromatic heterocycles. The van der Waals surface area contributed by atoms with Gasteiger partial charge in [-0.2, -0.15) is 0 Å². The molecule has 94 valence electrons. The average Bonchev–Trinajstić information content (AvgIpc) is 2.39. The molecule has 2 saturated heterocycles. The summed E-state index contributed by atoms with van der Waals surface area (Å²) in [5.41, 5.74) is 0. The minimum atomic E-state index is -0.144. The van der Waals surface area contributed by atoms with Crippen molar-refractivity contribution in [2.45, 2.75) is 12.8 Å². The number of likely N-dealkylation sites (tertiary alicyclic amines) is 1. The van der Waals surface area contributed by atoms with Gasteiger partial charge in [0, 0.05) is 45.8 Å². The molecule has 0 aromatic carbocycles. The standard InChI is InChI=1S/C13H21N3O/c1-2-13(17)16-7-3-4-12(11-16)10-15-8-5-14-6-9-15/h1,12,14H,3-11H2. The first kappa shape index (κ1) is 12.4. The summed E-state index contributed by atoms with van der Waals surface area (Å²) >= 11 is 0. The number of hydrogen-bond donors (Lipinski definition) is 1. The molecule has 2 aliphatic rings. The van der Waals surface area contributed by atoms with Gasteiger partial charge in [-0.15, -0.1) is 6.42 Å². The van der Waals surface area contributed by atoms with Crippen LogP contribution in [0.3, 0.4) is 0 Å². The first-order valence-corrected chi connectivity index (χ1v) is 6.48. The van der Waals surface area contributed by atoms with Crippen LogP contribution in [-0.4, -0.2) is 61.5 Å². The zero-order chi connectivity index (χ0) is 12.1. The summed E-state index contributed by atoms with van der Waals surface area (Å²) in [5, 5.41) is 3.36. The summed E-state index contributed by atoms with van der Waals surface area (Å²) in [7, 11) is 0. The number of carbonyl (C=O) groups excluding carboxylic acids is 1. The second-order valence-corrected chi connectivity index (χ2v) is 4.95. The third-order valence-corrected chi connectivity index (χ3v) is 3.66. The highest BCUT2D eigenvalue weighted by Gasteiger charge is 2.24. The molecule has 2 rings (SSSR count). The van der Waals surface area contributed by atoms with Gasteiger partial charge in [0.1, 0.15) is 0 Å². The number of amides is 1. The number of hydrogen-bond acceptors (Lipinski definition) is 3. The number of terminal acetylenes is 1. The first-order chi connectivity index (χ1) is 8.29. The summed E-state index contributed by atoms with van der Waals surface area (Å²) < 4.78 is 0. The van der Waals surface area contributed by atoms with Crippen molar-refractivity contribution in [1.82, 2.24) is 15.1 Å². The molecule has 0 spiro atoms. The van der Waals surface area contributed by atoms with E-state index < -0.39 is 0 Å². The molecular formula is C13H21N3O. The van der Waals surface area contributed by atoms with Crippen molar-refractivity contribution in [3.63, 3.8) is 0 Å². The number of carbonyl (C=O) groups is 1. The van der Waals surface area contributed by atoms with Gasteiger partial charge >= 0.3 is 0 Å². The highest BCUT2D eigenvalue weighted by atomic mass is 16.2. The Hall–Kier alpha value is -1.05. The molecule has 1 atom stereocenters. The average molecular weight is 235 g/mol. The molecule has 17 heavy (non-hydrogen) atoms. The monoisotopic (exact) mass is 235 g/mol. The van der Waals surface area contributed by atoms with E-state index in [0.717, 1.165) is 52.2 Å². The van der Waals surface area contributed by atoms with Gasteiger partial charge in [-0.3, -0.25) is 4.79 Å². The molecule has 4 nitrogen and oxygen atoms in total. The Bertz CT molecular complexity index is 304. The van der Waals surface area contributed by atoms with Crippen LogP contribution in [0.2, 0.25) is 0 Å². The molecule has 0 aliphatic carbocycles. The van der Waals surface area contributed by atoms with E-state index in [9.17, 15) is 4.79 Å². The molecule has 0 aromatic rings. The van der Waals surface area contributed by atoms with E-state index >= 15 is 0 Å². The van der Waals surface area contributed by atoms with Crippen molar-refractivity contribution in [3.05, 3.63) is 0 Å². The van der Waals surface area contributed by atoms with Crippen LogP contribution in [-0.2, 0) is 4.79 Å². The van der Waals surface area contributed by atoms with E-state index in [1.165, 1.54) is 6.42 Å². The van der Waals surface area contributed by atoms with E-state index in [4.69, 9.17) is 6.42 Å². The molecule has 2 aliphatic heterocycles. The van der Waals surface area contributed by atoms with Gasteiger partial charge in [0.05, 0.1) is 0 Å². The van der Waals surface area contributed by atoms with Crippen LogP contribution in [0, 0.1) is 18.3 Å². The van der Waals surface area contributed by atoms with Gasteiger partial charge in [0.15, 0.2) is 0 Å². The van der Waals surface area contributed by atoms with Crippen LogP contribution >= 0.6 is 0 Å². The van der Waals surface area contributed by atoms with Gasteiger partial charge in [0.2, 0.25) is 0 Å². The Morgan fingerprint density at radius 1 is 1.35 bits per heavy atom. The van der Waals surface area contributed by atoms with Gasteiger partial charge < -0.3 is 15.1 Å². The Labute approximate surface area is 103 Å². The van der Waals surface area contributed by atoms with E-state index in [-0.39, 0.29) is 5.91 Å². The highest BCUT2D eigenvalue weighted by Crippen LogP contribution is 2.17. The summed E-state index contributed by atoms with van der Waals surface area (Å²) in [6, 6.07) is 0. The second kappa shape index (κ2) is 6.04. The Morgan fingerprint density at radius 3 is 2.82 bits per heavy atom. The molecule has 1 N–H and O–H groups in total. The predicted molar refractivity (Wildman–Crippen MR) is 67.4 cm³/mol. The summed E-state index contributed by atoms with van der Waals surface area (Å²) in [4.78, 5) is 15.8. The molecule has 1 unspecified atom stereocenters. The molecule has 1 amide bonds. The SMILES string of the molecule is C#CC(=O)N1CCCC(CN2CCNCC2)C1. The van der Waals surface area contributed by atoms with Gasteiger partial charge in [-0.25, -0.2) is 0 Å². The summed E-state index contributed by atoms with van der Waals surface area (Å²) in [6.45, 7) is 7.20. The Balaban J connectivity index is 1.80. The number of piperidine rings is 1. The van der Waals surface area contributed by atoms with Crippen LogP contribution in [0.4, 0.5) is 0 Å². The zero-order valence-electron chi connectivity index (χ0n) is 10.3. The summed E-state index contributed by atoms with van der Waals surface area (Å²) in [6.07, 6.45) is 7.48. The topological polar surface area (TPSA) is 35.6 Å². The Morgan fingerprint density at radius 2 is 2.12 bits per heavy atom. The maximum absolute atomic E-state index is 11.5. The van der Waals surface area contributed by atoms with Gasteiger partial charge in [-0.05, 0) is 24.7 Å². The second-order valence-electron chi connectivity index (χ2n) is 4.95. The van der Waals surface area contributed by atoms with Crippen molar-refractivity contribution >= 4 is 5.91 Å². The minimum absolute atomic E-state index is 0.144. The molecule has 0 bridgehead atoms. The van der Waals surface area contributed by atoms with E-state index in [0.29, 0.717) is 5.92 Å². The maximum Gasteiger partial charge on any atom is 0.298 e. The van der Waals surface area contributed by atoms with Crippen molar-refractivity contribution in [1.29, 1.82) is 0 Å². The lowest BCUT2D eigenvalue weighted by Crippen LogP contribution is -2.48. The van der Waals surface area contributed by atoms with E-state index in [1.54, 1.807) is 0 Å². The van der Waals surface area contributed by atoms with Crippen LogP contribution < -0.4 is 5.32 Å². The fourth-order valence-corrected chi connectivity index (χ4v) is 2.75. The predicted octanol–water partition coefficient (Wildman–Crippen LogP) is -0.237. The molecular weight excluding hydrogens is 214 g/mol. The lowest BCUT2D eigenvalue weighted by atomic mass is 9.97. The molecule has 4 heteroatoms. The van der Waals surface area contributed by atoms with Crippen molar-refractivity contribution in [3.8, 4) is 12.3 Å². The van der Waals surface area contributed by atoms with Gasteiger partial charge in [0.25, 0.3) is 5.91 Å². The van der Waals surface area contributed by atoms with Crippen LogP contribution in [0.15, 0.2) is 0 Å². The molecule has 2 heterocycles. The smallest absolute Gasteiger partial charge is 0.298 e. The fraction of sp³-hybridized carbons (Fsp3) is 0.769. The number of nitrogens with zero attached hydrogens (tertiary/aromatic N) is 2. The van der Waals surface area contributed by atoms with Crippen molar-refractivity contribution in [2.75, 3.05) is 45.8 Å². The quantitative estimate of drug-likeness (QED) is 0.671. The van der Waals surface area contributed by atoms with E-state index in [1.807, 2.05) is 4.90 Å². The Kier molecular flexibility index (Phi) is 4.41. The van der Waals surface area contributed by atoms with Crippen LogP contribution in [0.1, 0.15) is 12.8 Å². The zero-order valence-corrected chi connectivity index (χ0v) is 10.3. The first-order valence-electron chi connectivity index (χ1n) is 6.48. The van der Waals surface area contributed by atoms with Gasteiger partial charge in [-0.1, -0.05) is 0 Å². The maximum atomic E-state index is 11.5.